The third-order valence-electron chi connectivity index (χ3n) is 12.3. The van der Waals surface area contributed by atoms with Gasteiger partial charge in [0.1, 0.15) is 0 Å². The number of hydrogen-bond donors (Lipinski definition) is 2. The smallest absolute Gasteiger partial charge is 0.455 e. The number of phenols is 1. The Morgan fingerprint density at radius 1 is 0.963 bits per heavy atom. The Balaban J connectivity index is 1.28. The number of allylic oxidation sites excluding steroid dienone is 1. The van der Waals surface area contributed by atoms with Gasteiger partial charge in [-0.3, -0.25) is 14.5 Å². The summed E-state index contributed by atoms with van der Waals surface area (Å²) in [5.74, 6) is -2.62. The number of benzene rings is 3. The molecule has 3 aromatic carbocycles. The molecule has 4 atom stereocenters. The van der Waals surface area contributed by atoms with Gasteiger partial charge in [0.15, 0.2) is 11.6 Å². The van der Waals surface area contributed by atoms with E-state index in [-0.39, 0.29) is 41.7 Å². The number of carbonyl (C=O) groups excluding carboxylic acids is 2. The number of phenolic OH excluding ortho intramolecular Hbond substituents is 1. The second-order valence-corrected chi connectivity index (χ2v) is 21.2. The standard InChI is InChI=1S/C44H53BFNO6Si/c1-29(24-30-21-22-38(48)37(46)25-30)20-23-39-40-31(28-52-54(44(2,3)4,33-16-10-6-11-17-33)34-18-12-7-13-19-34)26-35-41(36(40)27-45(51)53-39)43(50)47(42(35)49)32-14-8-5-9-15-32/h6-7,10-13,16-19,21-22,24-25,32,35-36,39,41,48,51H,5,8-9,14-15,20,23,26-28H2,1-4H3/b29-24+/t35-,36+,39-,41-/m1/s1. The van der Waals surface area contributed by atoms with Crippen molar-refractivity contribution in [3.8, 4) is 5.75 Å². The maximum Gasteiger partial charge on any atom is 0.455 e. The molecule has 4 aliphatic rings. The Labute approximate surface area is 320 Å². The van der Waals surface area contributed by atoms with Crippen LogP contribution in [0.15, 0.2) is 95.6 Å². The van der Waals surface area contributed by atoms with Crippen molar-refractivity contribution >= 4 is 43.7 Å². The fourth-order valence-corrected chi connectivity index (χ4v) is 14.5. The van der Waals surface area contributed by atoms with Crippen LogP contribution in [0.5, 0.6) is 5.75 Å². The SMILES string of the molecule is C/C(=C\c1ccc(O)c(F)c1)CC[C@H]1OB(O)C[C@H]2C1=C(CO[Si](c1ccccc1)(c1ccccc1)C(C)(C)C)C[C@H]1C(=O)N(C3CCCCC3)C(=O)[C@H]12. The van der Waals surface area contributed by atoms with Gasteiger partial charge in [-0.1, -0.05) is 118 Å². The summed E-state index contributed by atoms with van der Waals surface area (Å²) in [6.45, 7) is 8.99. The zero-order valence-corrected chi connectivity index (χ0v) is 33.0. The minimum Gasteiger partial charge on any atom is -0.505 e. The zero-order valence-electron chi connectivity index (χ0n) is 32.0. The number of carbonyl (C=O) groups is 2. The molecule has 0 spiro atoms. The van der Waals surface area contributed by atoms with Crippen LogP contribution in [-0.2, 0) is 18.7 Å². The first kappa shape index (κ1) is 38.4. The van der Waals surface area contributed by atoms with Crippen molar-refractivity contribution in [3.05, 3.63) is 107 Å². The fraction of sp³-hybridized carbons (Fsp3) is 0.455. The molecule has 2 saturated heterocycles. The number of aromatic hydroxyl groups is 1. The molecule has 2 N–H and O–H groups in total. The minimum atomic E-state index is -2.96. The lowest BCUT2D eigenvalue weighted by molar-refractivity contribution is -0.143. The first-order valence-corrected chi connectivity index (χ1v) is 21.6. The molecule has 2 aliphatic carbocycles. The highest BCUT2D eigenvalue weighted by Crippen LogP contribution is 2.52. The Hall–Kier alpha value is -3.83. The van der Waals surface area contributed by atoms with Crippen LogP contribution in [0.2, 0.25) is 11.4 Å². The molecule has 2 amide bonds. The molecule has 3 aromatic rings. The van der Waals surface area contributed by atoms with Gasteiger partial charge in [0.25, 0.3) is 8.32 Å². The van der Waals surface area contributed by atoms with Crippen LogP contribution in [0.3, 0.4) is 0 Å². The number of likely N-dealkylation sites (tertiary alicyclic amines) is 1. The molecule has 2 aliphatic heterocycles. The van der Waals surface area contributed by atoms with Crippen molar-refractivity contribution in [2.45, 2.75) is 103 Å². The van der Waals surface area contributed by atoms with E-state index in [1.165, 1.54) is 12.1 Å². The Bertz CT molecular complexity index is 1870. The van der Waals surface area contributed by atoms with Gasteiger partial charge >= 0.3 is 7.12 Å². The molecular formula is C44H53BFNO6Si. The second-order valence-electron chi connectivity index (χ2n) is 16.8. The molecule has 7 nitrogen and oxygen atoms in total. The largest absolute Gasteiger partial charge is 0.505 e. The van der Waals surface area contributed by atoms with E-state index in [2.05, 4.69) is 69.3 Å². The fourth-order valence-electron chi connectivity index (χ4n) is 9.91. The third kappa shape index (κ3) is 7.30. The molecule has 0 aromatic heterocycles. The maximum atomic E-state index is 14.4. The molecule has 7 rings (SSSR count). The minimum absolute atomic E-state index is 0.0670. The van der Waals surface area contributed by atoms with Gasteiger partial charge in [0.05, 0.1) is 24.5 Å². The summed E-state index contributed by atoms with van der Waals surface area (Å²) >= 11 is 0. The van der Waals surface area contributed by atoms with Gasteiger partial charge < -0.3 is 19.2 Å². The highest BCUT2D eigenvalue weighted by molar-refractivity contribution is 6.99. The van der Waals surface area contributed by atoms with Crippen molar-refractivity contribution in [1.29, 1.82) is 0 Å². The van der Waals surface area contributed by atoms with Crippen LogP contribution in [0.25, 0.3) is 6.08 Å². The van der Waals surface area contributed by atoms with Crippen LogP contribution in [0.4, 0.5) is 4.39 Å². The van der Waals surface area contributed by atoms with Crippen molar-refractivity contribution in [2.24, 2.45) is 17.8 Å². The molecule has 2 heterocycles. The predicted octanol–water partition coefficient (Wildman–Crippen LogP) is 7.42. The van der Waals surface area contributed by atoms with Crippen LogP contribution in [-0.4, -0.2) is 61.0 Å². The van der Waals surface area contributed by atoms with Crippen molar-refractivity contribution in [3.63, 3.8) is 0 Å². The molecule has 3 fully saturated rings. The van der Waals surface area contributed by atoms with Gasteiger partial charge in [-0.15, -0.1) is 0 Å². The third-order valence-corrected chi connectivity index (χ3v) is 17.3. The lowest BCUT2D eigenvalue weighted by Crippen LogP contribution is -2.66. The zero-order chi connectivity index (χ0) is 38.2. The molecule has 0 bridgehead atoms. The molecule has 10 heteroatoms. The highest BCUT2D eigenvalue weighted by Gasteiger charge is 2.59. The molecular weight excluding hydrogens is 696 g/mol. The van der Waals surface area contributed by atoms with Crippen LogP contribution in [0, 0.1) is 23.6 Å². The number of nitrogens with zero attached hydrogens (tertiary/aromatic N) is 1. The number of fused-ring (bicyclic) bond motifs is 3. The number of amides is 2. The summed E-state index contributed by atoms with van der Waals surface area (Å²) < 4.78 is 28.0. The van der Waals surface area contributed by atoms with E-state index < -0.39 is 44.9 Å². The van der Waals surface area contributed by atoms with E-state index >= 15 is 0 Å². The van der Waals surface area contributed by atoms with Crippen LogP contribution < -0.4 is 10.4 Å². The molecule has 54 heavy (non-hydrogen) atoms. The quantitative estimate of drug-likeness (QED) is 0.127. The number of rotatable bonds is 10. The molecule has 1 saturated carbocycles. The van der Waals surface area contributed by atoms with Crippen molar-refractivity contribution in [2.75, 3.05) is 6.61 Å². The summed E-state index contributed by atoms with van der Waals surface area (Å²) in [4.78, 5) is 30.4. The summed E-state index contributed by atoms with van der Waals surface area (Å²) in [7, 11) is -4.04. The Kier molecular flexibility index (Phi) is 11.2. The van der Waals surface area contributed by atoms with E-state index in [9.17, 15) is 24.1 Å². The Morgan fingerprint density at radius 2 is 1.61 bits per heavy atom. The summed E-state index contributed by atoms with van der Waals surface area (Å²) in [6.07, 6.45) is 8.01. The molecule has 0 unspecified atom stereocenters. The van der Waals surface area contributed by atoms with E-state index in [4.69, 9.17) is 9.08 Å². The average Bonchev–Trinajstić information content (AvgIpc) is 3.41. The summed E-state index contributed by atoms with van der Waals surface area (Å²) in [6, 6.07) is 25.2. The highest BCUT2D eigenvalue weighted by atomic mass is 28.4. The molecule has 284 valence electrons. The number of halogens is 1. The van der Waals surface area contributed by atoms with E-state index in [0.717, 1.165) is 59.2 Å². The first-order valence-electron chi connectivity index (χ1n) is 19.7. The predicted molar refractivity (Wildman–Crippen MR) is 213 cm³/mol. The second kappa shape index (κ2) is 15.7. The van der Waals surface area contributed by atoms with Crippen molar-refractivity contribution in [1.82, 2.24) is 4.90 Å². The van der Waals surface area contributed by atoms with E-state index in [1.54, 1.807) is 11.0 Å². The first-order chi connectivity index (χ1) is 25.9. The van der Waals surface area contributed by atoms with E-state index in [0.29, 0.717) is 24.8 Å². The van der Waals surface area contributed by atoms with Gasteiger partial charge in [-0.05, 0) is 95.5 Å². The normalized spacial score (nSPS) is 24.2. The average molecular weight is 750 g/mol. The van der Waals surface area contributed by atoms with Crippen LogP contribution >= 0.6 is 0 Å². The number of imide groups is 1. The topological polar surface area (TPSA) is 96.3 Å². The van der Waals surface area contributed by atoms with Gasteiger partial charge in [0, 0.05) is 6.04 Å². The summed E-state index contributed by atoms with van der Waals surface area (Å²) in [5, 5.41) is 23.0. The van der Waals surface area contributed by atoms with E-state index in [1.807, 2.05) is 25.1 Å². The lowest BCUT2D eigenvalue weighted by atomic mass is 9.58. The summed E-state index contributed by atoms with van der Waals surface area (Å²) in [5.41, 5.74) is 3.62. The number of hydrogen-bond acceptors (Lipinski definition) is 6. The maximum absolute atomic E-state index is 14.4. The van der Waals surface area contributed by atoms with Crippen LogP contribution in [0.1, 0.15) is 84.6 Å². The molecule has 0 radical (unpaired) electrons. The van der Waals surface area contributed by atoms with Crippen molar-refractivity contribution < 1.29 is 33.2 Å². The van der Waals surface area contributed by atoms with Gasteiger partial charge in [-0.25, -0.2) is 4.39 Å². The van der Waals surface area contributed by atoms with Gasteiger partial charge in [-0.2, -0.15) is 0 Å². The Morgan fingerprint density at radius 3 is 2.22 bits per heavy atom. The van der Waals surface area contributed by atoms with Gasteiger partial charge in [0.2, 0.25) is 11.8 Å². The lowest BCUT2D eigenvalue weighted by Gasteiger charge is -2.46. The monoisotopic (exact) mass is 749 g/mol.